The number of rotatable bonds is 3. The van der Waals surface area contributed by atoms with Gasteiger partial charge >= 0.3 is 0 Å². The molecule has 3 aliphatic rings. The lowest BCUT2D eigenvalue weighted by Gasteiger charge is -2.45. The molecule has 0 spiro atoms. The van der Waals surface area contributed by atoms with Crippen LogP contribution in [-0.4, -0.2) is 43.4 Å². The number of phenolic OH excluding ortho intramolecular Hbond substituents is 1. The number of aromatic hydroxyl groups is 1. The Kier molecular flexibility index (Phi) is 4.51. The summed E-state index contributed by atoms with van der Waals surface area (Å²) in [5.41, 5.74) is 2.47. The van der Waals surface area contributed by atoms with Gasteiger partial charge in [0.25, 0.3) is 5.91 Å². The number of Topliss-reactive ketones (excluding diaryl/α,β-unsaturated/α-hetero) is 2. The van der Waals surface area contributed by atoms with E-state index in [2.05, 4.69) is 5.18 Å². The van der Waals surface area contributed by atoms with Crippen molar-refractivity contribution < 1.29 is 34.8 Å². The second-order valence-electron chi connectivity index (χ2n) is 8.20. The normalized spacial score (nSPS) is 28.6. The number of nitrogens with zero attached hydrogens (tertiary/aromatic N) is 1. The van der Waals surface area contributed by atoms with Crippen LogP contribution in [0.2, 0.25) is 0 Å². The van der Waals surface area contributed by atoms with E-state index in [1.807, 2.05) is 0 Å². The van der Waals surface area contributed by atoms with Crippen molar-refractivity contribution in [3.63, 3.8) is 0 Å². The van der Waals surface area contributed by atoms with E-state index < -0.39 is 64.5 Å². The smallest absolute Gasteiger partial charge is 0.255 e. The number of ketones is 2. The molecule has 162 valence electrons. The Morgan fingerprint density at radius 2 is 1.90 bits per heavy atom. The Hall–Kier alpha value is -3.53. The highest BCUT2D eigenvalue weighted by atomic mass is 16.3. The van der Waals surface area contributed by atoms with Crippen LogP contribution in [0.4, 0.5) is 0 Å². The first-order chi connectivity index (χ1) is 14.6. The van der Waals surface area contributed by atoms with Gasteiger partial charge < -0.3 is 26.2 Å². The number of benzene rings is 1. The average molecular weight is 428 g/mol. The van der Waals surface area contributed by atoms with Crippen LogP contribution in [0, 0.1) is 16.7 Å². The van der Waals surface area contributed by atoms with Gasteiger partial charge in [0.1, 0.15) is 22.8 Å². The molecular formula is C21H20N2O8. The molecule has 6 N–H and O–H groups in total. The molecule has 0 heterocycles. The predicted octanol–water partition coefficient (Wildman–Crippen LogP) is 1.25. The third-order valence-electron chi connectivity index (χ3n) is 6.58. The molecule has 1 unspecified atom stereocenters. The lowest BCUT2D eigenvalue weighted by atomic mass is 9.58. The number of amides is 1. The quantitative estimate of drug-likeness (QED) is 0.351. The standard InChI is InChI=1S/C21H20N2O8/c1-7(24)10-2-3-12(25)15-11(10)5-8-4-9-6-13(26)16(20(22)30)19(29)21(9,23-31)18(28)14(8)17(15)27/h2-3,7-9,24-25,27,29H,4-6H2,1H3,(H2,22,30)/t7?,8-,9+,21+/m1/s1. The van der Waals surface area contributed by atoms with Crippen molar-refractivity contribution in [2.24, 2.45) is 22.7 Å². The second kappa shape index (κ2) is 6.74. The number of hydrogen-bond donors (Lipinski definition) is 5. The molecule has 4 atom stereocenters. The first-order valence-corrected chi connectivity index (χ1v) is 9.68. The van der Waals surface area contributed by atoms with Gasteiger partial charge in [-0.3, -0.25) is 14.4 Å². The van der Waals surface area contributed by atoms with Crippen LogP contribution in [0.3, 0.4) is 0 Å². The van der Waals surface area contributed by atoms with E-state index in [1.165, 1.54) is 19.1 Å². The Bertz CT molecular complexity index is 1130. The van der Waals surface area contributed by atoms with Gasteiger partial charge in [0, 0.05) is 17.9 Å². The number of aliphatic hydroxyl groups is 3. The number of carbonyl (C=O) groups is 3. The van der Waals surface area contributed by atoms with Crippen molar-refractivity contribution >= 4 is 23.2 Å². The molecule has 0 aliphatic heterocycles. The van der Waals surface area contributed by atoms with Crippen molar-refractivity contribution in [2.75, 3.05) is 0 Å². The molecule has 0 radical (unpaired) electrons. The third-order valence-corrected chi connectivity index (χ3v) is 6.58. The molecule has 10 nitrogen and oxygen atoms in total. The molecule has 3 aliphatic carbocycles. The fourth-order valence-corrected chi connectivity index (χ4v) is 5.20. The summed E-state index contributed by atoms with van der Waals surface area (Å²) >= 11 is 0. The zero-order chi connectivity index (χ0) is 22.8. The van der Waals surface area contributed by atoms with Crippen molar-refractivity contribution in [1.29, 1.82) is 0 Å². The zero-order valence-electron chi connectivity index (χ0n) is 16.5. The van der Waals surface area contributed by atoms with Crippen LogP contribution in [-0.2, 0) is 20.8 Å². The third kappa shape index (κ3) is 2.57. The first kappa shape index (κ1) is 20.7. The minimum atomic E-state index is -2.47. The number of fused-ring (bicyclic) bond motifs is 3. The number of nitrogens with two attached hydrogens (primary N) is 1. The second-order valence-corrected chi connectivity index (χ2v) is 8.20. The summed E-state index contributed by atoms with van der Waals surface area (Å²) in [5, 5.41) is 44.9. The first-order valence-electron chi connectivity index (χ1n) is 9.68. The lowest BCUT2D eigenvalue weighted by Crippen LogP contribution is -2.57. The number of phenols is 1. The van der Waals surface area contributed by atoms with Gasteiger partial charge in [-0.1, -0.05) is 6.07 Å². The number of carbonyl (C=O) groups excluding carboxylic acids is 3. The molecule has 1 aromatic carbocycles. The monoisotopic (exact) mass is 428 g/mol. The van der Waals surface area contributed by atoms with Crippen molar-refractivity contribution in [3.05, 3.63) is 50.6 Å². The van der Waals surface area contributed by atoms with E-state index in [0.29, 0.717) is 11.1 Å². The molecular weight excluding hydrogens is 408 g/mol. The van der Waals surface area contributed by atoms with E-state index >= 15 is 0 Å². The fourth-order valence-electron chi connectivity index (χ4n) is 5.20. The van der Waals surface area contributed by atoms with Crippen molar-refractivity contribution in [3.8, 4) is 5.75 Å². The molecule has 0 bridgehead atoms. The average Bonchev–Trinajstić information content (AvgIpc) is 2.67. The summed E-state index contributed by atoms with van der Waals surface area (Å²) in [6.07, 6.45) is -1.16. The molecule has 1 amide bonds. The molecule has 31 heavy (non-hydrogen) atoms. The van der Waals surface area contributed by atoms with Gasteiger partial charge in [-0.25, -0.2) is 0 Å². The van der Waals surface area contributed by atoms with Crippen LogP contribution >= 0.6 is 0 Å². The molecule has 1 saturated carbocycles. The van der Waals surface area contributed by atoms with Crippen LogP contribution in [0.1, 0.15) is 42.6 Å². The van der Waals surface area contributed by atoms with E-state index in [0.717, 1.165) is 0 Å². The lowest BCUT2D eigenvalue weighted by molar-refractivity contribution is -0.129. The molecule has 10 heteroatoms. The van der Waals surface area contributed by atoms with Crippen LogP contribution in [0.15, 0.2) is 34.2 Å². The maximum absolute atomic E-state index is 13.5. The Labute approximate surface area is 175 Å². The number of hydrogen-bond acceptors (Lipinski definition) is 9. The summed E-state index contributed by atoms with van der Waals surface area (Å²) in [4.78, 5) is 49.5. The minimum absolute atomic E-state index is 0.0209. The molecule has 1 aromatic rings. The van der Waals surface area contributed by atoms with Crippen LogP contribution < -0.4 is 5.73 Å². The zero-order valence-corrected chi connectivity index (χ0v) is 16.5. The van der Waals surface area contributed by atoms with Crippen LogP contribution in [0.5, 0.6) is 5.75 Å². The van der Waals surface area contributed by atoms with Gasteiger partial charge in [0.05, 0.1) is 11.7 Å². The van der Waals surface area contributed by atoms with Crippen LogP contribution in [0.25, 0.3) is 5.76 Å². The predicted molar refractivity (Wildman–Crippen MR) is 106 cm³/mol. The summed E-state index contributed by atoms with van der Waals surface area (Å²) in [7, 11) is 0. The van der Waals surface area contributed by atoms with Gasteiger partial charge in [0.2, 0.25) is 11.3 Å². The SMILES string of the molecule is CC(O)c1ccc(O)c2c1C[C@H]1C[C@H]3CC(=O)C(C(N)=O)=C(O)[C@@]3(N=O)C(=O)C1=C2O. The van der Waals surface area contributed by atoms with Gasteiger partial charge in [-0.15, -0.1) is 4.91 Å². The number of primary amides is 1. The van der Waals surface area contributed by atoms with E-state index in [4.69, 9.17) is 5.73 Å². The number of nitroso groups, excluding NO2 is 1. The molecule has 0 saturated heterocycles. The van der Waals surface area contributed by atoms with E-state index in [9.17, 15) is 39.7 Å². The molecule has 0 aromatic heterocycles. The largest absolute Gasteiger partial charge is 0.508 e. The highest BCUT2D eigenvalue weighted by Gasteiger charge is 2.63. The molecule has 1 fully saturated rings. The summed E-state index contributed by atoms with van der Waals surface area (Å²) in [6.45, 7) is 1.52. The van der Waals surface area contributed by atoms with E-state index in [1.54, 1.807) is 0 Å². The fraction of sp³-hybridized carbons (Fsp3) is 0.381. The summed E-state index contributed by atoms with van der Waals surface area (Å²) < 4.78 is 0. The van der Waals surface area contributed by atoms with Crippen molar-refractivity contribution in [1.82, 2.24) is 0 Å². The van der Waals surface area contributed by atoms with Crippen molar-refractivity contribution in [2.45, 2.75) is 37.8 Å². The highest BCUT2D eigenvalue weighted by molar-refractivity contribution is 6.23. The maximum Gasteiger partial charge on any atom is 0.255 e. The molecule has 4 rings (SSSR count). The van der Waals surface area contributed by atoms with Gasteiger partial charge in [0.15, 0.2) is 5.78 Å². The topological polar surface area (TPSA) is 188 Å². The van der Waals surface area contributed by atoms with Gasteiger partial charge in [-0.05, 0) is 48.1 Å². The Morgan fingerprint density at radius 1 is 1.23 bits per heavy atom. The highest BCUT2D eigenvalue weighted by Crippen LogP contribution is 2.53. The minimum Gasteiger partial charge on any atom is -0.508 e. The van der Waals surface area contributed by atoms with Gasteiger partial charge in [-0.2, -0.15) is 0 Å². The summed E-state index contributed by atoms with van der Waals surface area (Å²) in [6, 6.07) is 2.78. The Morgan fingerprint density at radius 3 is 2.48 bits per heavy atom. The number of aliphatic hydroxyl groups excluding tert-OH is 3. The Balaban J connectivity index is 1.99. The van der Waals surface area contributed by atoms with E-state index in [-0.39, 0.29) is 29.7 Å². The maximum atomic E-state index is 13.5. The summed E-state index contributed by atoms with van der Waals surface area (Å²) in [5.74, 6) is -6.85.